The van der Waals surface area contributed by atoms with Crippen molar-refractivity contribution in [1.82, 2.24) is 9.80 Å². The van der Waals surface area contributed by atoms with Crippen LogP contribution in [0.15, 0.2) is 24.3 Å². The molecule has 1 atom stereocenters. The van der Waals surface area contributed by atoms with Crippen LogP contribution in [0.5, 0.6) is 0 Å². The Hall–Kier alpha value is -2.08. The third-order valence-electron chi connectivity index (χ3n) is 5.28. The number of hydrogen-bond donors (Lipinski definition) is 1. The quantitative estimate of drug-likeness (QED) is 0.761. The summed E-state index contributed by atoms with van der Waals surface area (Å²) in [5.74, 6) is 0.718. The Bertz CT molecular complexity index is 652. The molecule has 2 aliphatic rings. The fourth-order valence-electron chi connectivity index (χ4n) is 3.41. The summed E-state index contributed by atoms with van der Waals surface area (Å²) < 4.78 is 5.73. The van der Waals surface area contributed by atoms with Crippen LogP contribution in [-0.4, -0.2) is 61.6 Å². The molecule has 1 aliphatic heterocycles. The molecule has 2 fully saturated rings. The minimum absolute atomic E-state index is 0.0659. The van der Waals surface area contributed by atoms with Crippen molar-refractivity contribution in [1.29, 1.82) is 0 Å². The molecule has 1 N–H and O–H groups in total. The first-order valence-electron chi connectivity index (χ1n) is 9.98. The van der Waals surface area contributed by atoms with Crippen molar-refractivity contribution in [2.24, 2.45) is 5.92 Å². The zero-order valence-electron chi connectivity index (χ0n) is 16.4. The number of amides is 3. The molecule has 6 heteroatoms. The minimum Gasteiger partial charge on any atom is -0.376 e. The molecule has 0 radical (unpaired) electrons. The topological polar surface area (TPSA) is 61.9 Å². The van der Waals surface area contributed by atoms with Crippen LogP contribution in [0.2, 0.25) is 0 Å². The normalized spacial score (nSPS) is 19.0. The number of para-hydroxylation sites is 1. The monoisotopic (exact) mass is 373 g/mol. The molecule has 6 nitrogen and oxygen atoms in total. The number of anilines is 1. The number of hydrogen-bond acceptors (Lipinski definition) is 3. The second kappa shape index (κ2) is 9.22. The molecule has 0 bridgehead atoms. The number of nitrogens with zero attached hydrogens (tertiary/aromatic N) is 2. The standard InChI is InChI=1S/C21H31N3O3/c1-23(2)20(25)12-11-17-6-3-4-8-19(17)22-21(26)24(14-16-9-10-16)15-18-7-5-13-27-18/h3-4,6,8,16,18H,5,7,9-15H2,1-2H3,(H,22,26)/t18-/m0/s1. The summed E-state index contributed by atoms with van der Waals surface area (Å²) in [7, 11) is 3.52. The highest BCUT2D eigenvalue weighted by atomic mass is 16.5. The van der Waals surface area contributed by atoms with Crippen LogP contribution in [0.3, 0.4) is 0 Å². The van der Waals surface area contributed by atoms with Gasteiger partial charge in [0.25, 0.3) is 0 Å². The number of urea groups is 1. The van der Waals surface area contributed by atoms with Gasteiger partial charge in [-0.1, -0.05) is 18.2 Å². The first kappa shape index (κ1) is 19.7. The van der Waals surface area contributed by atoms with Crippen LogP contribution >= 0.6 is 0 Å². The Balaban J connectivity index is 1.62. The fraction of sp³-hybridized carbons (Fsp3) is 0.619. The second-order valence-electron chi connectivity index (χ2n) is 7.86. The fourth-order valence-corrected chi connectivity index (χ4v) is 3.41. The first-order chi connectivity index (χ1) is 13.0. The van der Waals surface area contributed by atoms with Gasteiger partial charge in [0, 0.05) is 45.9 Å². The van der Waals surface area contributed by atoms with Gasteiger partial charge in [-0.2, -0.15) is 0 Å². The van der Waals surface area contributed by atoms with Gasteiger partial charge in [0.15, 0.2) is 0 Å². The third kappa shape index (κ3) is 5.96. The SMILES string of the molecule is CN(C)C(=O)CCc1ccccc1NC(=O)N(CC1CC1)C[C@@H]1CCCO1. The molecule has 0 unspecified atom stereocenters. The highest BCUT2D eigenvalue weighted by Gasteiger charge is 2.29. The number of carbonyl (C=O) groups excluding carboxylic acids is 2. The van der Waals surface area contributed by atoms with E-state index in [1.54, 1.807) is 19.0 Å². The van der Waals surface area contributed by atoms with Crippen molar-refractivity contribution >= 4 is 17.6 Å². The largest absolute Gasteiger partial charge is 0.376 e. The summed E-state index contributed by atoms with van der Waals surface area (Å²) in [6.07, 6.45) is 5.72. The minimum atomic E-state index is -0.0659. The molecule has 1 aliphatic carbocycles. The van der Waals surface area contributed by atoms with Gasteiger partial charge in [0.05, 0.1) is 6.10 Å². The van der Waals surface area contributed by atoms with E-state index in [9.17, 15) is 9.59 Å². The lowest BCUT2D eigenvalue weighted by molar-refractivity contribution is -0.128. The third-order valence-corrected chi connectivity index (χ3v) is 5.28. The Labute approximate surface area is 161 Å². The number of ether oxygens (including phenoxy) is 1. The van der Waals surface area contributed by atoms with Crippen LogP contribution in [0, 0.1) is 5.92 Å². The summed E-state index contributed by atoms with van der Waals surface area (Å²) in [5.41, 5.74) is 1.78. The van der Waals surface area contributed by atoms with E-state index in [1.807, 2.05) is 29.2 Å². The smallest absolute Gasteiger partial charge is 0.321 e. The van der Waals surface area contributed by atoms with Crippen LogP contribution in [0.25, 0.3) is 0 Å². The molecule has 1 aromatic carbocycles. The van der Waals surface area contributed by atoms with Crippen molar-refractivity contribution < 1.29 is 14.3 Å². The van der Waals surface area contributed by atoms with E-state index in [0.29, 0.717) is 25.3 Å². The van der Waals surface area contributed by atoms with E-state index in [2.05, 4.69) is 5.32 Å². The van der Waals surface area contributed by atoms with Crippen LogP contribution < -0.4 is 5.32 Å². The zero-order valence-corrected chi connectivity index (χ0v) is 16.4. The van der Waals surface area contributed by atoms with Gasteiger partial charge in [0.1, 0.15) is 0 Å². The molecule has 0 spiro atoms. The van der Waals surface area contributed by atoms with Gasteiger partial charge in [-0.25, -0.2) is 4.79 Å². The molecule has 1 aromatic rings. The molecule has 1 saturated heterocycles. The number of nitrogens with one attached hydrogen (secondary N) is 1. The van der Waals surface area contributed by atoms with Gasteiger partial charge in [-0.3, -0.25) is 4.79 Å². The first-order valence-corrected chi connectivity index (χ1v) is 9.98. The lowest BCUT2D eigenvalue weighted by atomic mass is 10.1. The van der Waals surface area contributed by atoms with E-state index in [-0.39, 0.29) is 18.0 Å². The predicted molar refractivity (Wildman–Crippen MR) is 106 cm³/mol. The van der Waals surface area contributed by atoms with E-state index in [1.165, 1.54) is 12.8 Å². The van der Waals surface area contributed by atoms with Crippen LogP contribution in [-0.2, 0) is 16.0 Å². The van der Waals surface area contributed by atoms with Crippen molar-refractivity contribution in [2.75, 3.05) is 39.1 Å². The summed E-state index contributed by atoms with van der Waals surface area (Å²) >= 11 is 0. The summed E-state index contributed by atoms with van der Waals surface area (Å²) in [4.78, 5) is 28.4. The number of benzene rings is 1. The van der Waals surface area contributed by atoms with E-state index >= 15 is 0 Å². The average Bonchev–Trinajstić information content (AvgIpc) is 3.32. The molecule has 1 saturated carbocycles. The van der Waals surface area contributed by atoms with E-state index < -0.39 is 0 Å². The Kier molecular flexibility index (Phi) is 6.72. The molecule has 3 rings (SSSR count). The molecular weight excluding hydrogens is 342 g/mol. The van der Waals surface area contributed by atoms with E-state index in [0.717, 1.165) is 37.2 Å². The molecule has 3 amide bonds. The Morgan fingerprint density at radius 1 is 1.15 bits per heavy atom. The van der Waals surface area contributed by atoms with Gasteiger partial charge < -0.3 is 19.9 Å². The summed E-state index contributed by atoms with van der Waals surface area (Å²) in [6.45, 7) is 2.25. The summed E-state index contributed by atoms with van der Waals surface area (Å²) in [6, 6.07) is 7.68. The highest BCUT2D eigenvalue weighted by Crippen LogP contribution is 2.30. The van der Waals surface area contributed by atoms with E-state index in [4.69, 9.17) is 4.74 Å². The van der Waals surface area contributed by atoms with Gasteiger partial charge in [0.2, 0.25) is 5.91 Å². The van der Waals surface area contributed by atoms with Crippen molar-refractivity contribution in [2.45, 2.75) is 44.6 Å². The number of rotatable bonds is 8. The maximum absolute atomic E-state index is 12.9. The maximum Gasteiger partial charge on any atom is 0.321 e. The number of carbonyl (C=O) groups is 2. The summed E-state index contributed by atoms with van der Waals surface area (Å²) in [5, 5.41) is 3.08. The van der Waals surface area contributed by atoms with Crippen LogP contribution in [0.4, 0.5) is 10.5 Å². The van der Waals surface area contributed by atoms with Crippen LogP contribution in [0.1, 0.15) is 37.7 Å². The zero-order chi connectivity index (χ0) is 19.2. The van der Waals surface area contributed by atoms with Gasteiger partial charge >= 0.3 is 6.03 Å². The molecule has 0 aromatic heterocycles. The van der Waals surface area contributed by atoms with Gasteiger partial charge in [-0.05, 0) is 49.7 Å². The Morgan fingerprint density at radius 3 is 2.59 bits per heavy atom. The lowest BCUT2D eigenvalue weighted by Crippen LogP contribution is -2.41. The molecule has 148 valence electrons. The maximum atomic E-state index is 12.9. The highest BCUT2D eigenvalue weighted by molar-refractivity contribution is 5.90. The van der Waals surface area contributed by atoms with Crippen molar-refractivity contribution in [3.63, 3.8) is 0 Å². The van der Waals surface area contributed by atoms with Crippen molar-refractivity contribution in [3.8, 4) is 0 Å². The average molecular weight is 373 g/mol. The predicted octanol–water partition coefficient (Wildman–Crippen LogP) is 3.13. The Morgan fingerprint density at radius 2 is 1.93 bits per heavy atom. The lowest BCUT2D eigenvalue weighted by Gasteiger charge is -2.26. The molecule has 27 heavy (non-hydrogen) atoms. The molecule has 1 heterocycles. The van der Waals surface area contributed by atoms with Crippen molar-refractivity contribution in [3.05, 3.63) is 29.8 Å². The number of aryl methyl sites for hydroxylation is 1. The second-order valence-corrected chi connectivity index (χ2v) is 7.86. The van der Waals surface area contributed by atoms with Gasteiger partial charge in [-0.15, -0.1) is 0 Å². The molecular formula is C21H31N3O3.